The van der Waals surface area contributed by atoms with Gasteiger partial charge in [-0.3, -0.25) is 0 Å². The van der Waals surface area contributed by atoms with Crippen molar-refractivity contribution in [2.45, 2.75) is 51.6 Å². The second kappa shape index (κ2) is 5.72. The molecule has 1 aliphatic carbocycles. The molecule has 2 rings (SSSR count). The average Bonchev–Trinajstić information content (AvgIpc) is 2.58. The Kier molecular flexibility index (Phi) is 4.03. The van der Waals surface area contributed by atoms with E-state index in [0.717, 1.165) is 16.9 Å². The molecule has 1 aliphatic rings. The summed E-state index contributed by atoms with van der Waals surface area (Å²) in [7, 11) is 0. The van der Waals surface area contributed by atoms with Crippen LogP contribution in [-0.2, 0) is 0 Å². The lowest BCUT2D eigenvalue weighted by atomic mass is 10.1. The molecule has 1 fully saturated rings. The number of aryl methyl sites for hydroxylation is 1. The molecule has 0 bridgehead atoms. The van der Waals surface area contributed by atoms with Gasteiger partial charge >= 0.3 is 0 Å². The minimum Gasteiger partial charge on any atom is -0.490 e. The maximum Gasteiger partial charge on any atom is 0.120 e. The normalized spacial score (nSPS) is 17.2. The van der Waals surface area contributed by atoms with Crippen molar-refractivity contribution in [2.24, 2.45) is 0 Å². The van der Waals surface area contributed by atoms with Crippen molar-refractivity contribution in [1.29, 1.82) is 5.26 Å². The first-order valence-corrected chi connectivity index (χ1v) is 6.47. The van der Waals surface area contributed by atoms with Crippen LogP contribution in [0.2, 0.25) is 0 Å². The molecule has 0 aliphatic heterocycles. The molecule has 17 heavy (non-hydrogen) atoms. The molecule has 0 amide bonds. The highest BCUT2D eigenvalue weighted by Gasteiger charge is 2.13. The van der Waals surface area contributed by atoms with Crippen molar-refractivity contribution >= 4 is 0 Å². The third kappa shape index (κ3) is 3.23. The van der Waals surface area contributed by atoms with E-state index in [1.54, 1.807) is 0 Å². The van der Waals surface area contributed by atoms with Gasteiger partial charge in [-0.2, -0.15) is 5.26 Å². The van der Waals surface area contributed by atoms with Crippen LogP contribution in [0.3, 0.4) is 0 Å². The molecule has 0 unspecified atom stereocenters. The van der Waals surface area contributed by atoms with Crippen molar-refractivity contribution < 1.29 is 4.74 Å². The third-order valence-electron chi connectivity index (χ3n) is 3.42. The Balaban J connectivity index is 2.03. The zero-order valence-corrected chi connectivity index (χ0v) is 10.4. The van der Waals surface area contributed by atoms with Crippen molar-refractivity contribution in [3.8, 4) is 11.8 Å². The van der Waals surface area contributed by atoms with Gasteiger partial charge in [-0.05, 0) is 56.4 Å². The lowest BCUT2D eigenvalue weighted by Crippen LogP contribution is -2.15. The fourth-order valence-electron chi connectivity index (χ4n) is 2.39. The first kappa shape index (κ1) is 12.0. The molecule has 0 N–H and O–H groups in total. The van der Waals surface area contributed by atoms with Gasteiger partial charge in [-0.25, -0.2) is 0 Å². The summed E-state index contributed by atoms with van der Waals surface area (Å²) in [5.74, 6) is 0.911. The summed E-state index contributed by atoms with van der Waals surface area (Å²) in [6.45, 7) is 1.96. The maximum absolute atomic E-state index is 8.88. The summed E-state index contributed by atoms with van der Waals surface area (Å²) >= 11 is 0. The third-order valence-corrected chi connectivity index (χ3v) is 3.42. The summed E-state index contributed by atoms with van der Waals surface area (Å²) in [6.07, 6.45) is 7.93. The topological polar surface area (TPSA) is 33.0 Å². The van der Waals surface area contributed by atoms with Crippen LogP contribution in [0.5, 0.6) is 5.75 Å². The first-order valence-electron chi connectivity index (χ1n) is 6.47. The minimum atomic E-state index is 0.366. The average molecular weight is 229 g/mol. The largest absolute Gasteiger partial charge is 0.490 e. The van der Waals surface area contributed by atoms with Gasteiger partial charge < -0.3 is 4.74 Å². The van der Waals surface area contributed by atoms with E-state index < -0.39 is 0 Å². The molecular formula is C15H19NO. The van der Waals surface area contributed by atoms with E-state index in [-0.39, 0.29) is 0 Å². The Hall–Kier alpha value is -1.49. The molecule has 0 heterocycles. The van der Waals surface area contributed by atoms with Gasteiger partial charge in [0.15, 0.2) is 0 Å². The Morgan fingerprint density at radius 1 is 1.18 bits per heavy atom. The Morgan fingerprint density at radius 2 is 1.88 bits per heavy atom. The standard InChI is InChI=1S/C15H19NO/c1-12-10-15(9-8-13(12)11-16)17-14-6-4-2-3-5-7-14/h8-10,14H,2-7H2,1H3. The lowest BCUT2D eigenvalue weighted by Gasteiger charge is -2.17. The van der Waals surface area contributed by atoms with Gasteiger partial charge in [0.25, 0.3) is 0 Å². The highest BCUT2D eigenvalue weighted by molar-refractivity contribution is 5.41. The molecule has 1 aromatic carbocycles. The Bertz CT molecular complexity index is 411. The minimum absolute atomic E-state index is 0.366. The molecule has 0 spiro atoms. The highest BCUT2D eigenvalue weighted by Crippen LogP contribution is 2.24. The van der Waals surface area contributed by atoms with E-state index in [9.17, 15) is 0 Å². The van der Waals surface area contributed by atoms with Crippen LogP contribution in [-0.4, -0.2) is 6.10 Å². The van der Waals surface area contributed by atoms with E-state index in [2.05, 4.69) is 6.07 Å². The molecule has 0 aromatic heterocycles. The molecule has 2 nitrogen and oxygen atoms in total. The first-order chi connectivity index (χ1) is 8.29. The predicted octanol–water partition coefficient (Wildman–Crippen LogP) is 3.97. The van der Waals surface area contributed by atoms with E-state index in [1.165, 1.54) is 38.5 Å². The zero-order chi connectivity index (χ0) is 12.1. The number of hydrogen-bond acceptors (Lipinski definition) is 2. The molecule has 1 saturated carbocycles. The van der Waals surface area contributed by atoms with Crippen LogP contribution in [0.15, 0.2) is 18.2 Å². The second-order valence-corrected chi connectivity index (χ2v) is 4.82. The highest BCUT2D eigenvalue weighted by atomic mass is 16.5. The smallest absolute Gasteiger partial charge is 0.120 e. The number of nitrogens with zero attached hydrogens (tertiary/aromatic N) is 1. The molecule has 0 atom stereocenters. The fraction of sp³-hybridized carbons (Fsp3) is 0.533. The number of nitriles is 1. The maximum atomic E-state index is 8.88. The van der Waals surface area contributed by atoms with Crippen molar-refractivity contribution in [2.75, 3.05) is 0 Å². The van der Waals surface area contributed by atoms with Crippen LogP contribution < -0.4 is 4.74 Å². The number of benzene rings is 1. The van der Waals surface area contributed by atoms with E-state index in [4.69, 9.17) is 10.00 Å². The number of rotatable bonds is 2. The van der Waals surface area contributed by atoms with Gasteiger partial charge in [0.05, 0.1) is 17.7 Å². The zero-order valence-electron chi connectivity index (χ0n) is 10.4. The van der Waals surface area contributed by atoms with Crippen molar-refractivity contribution in [1.82, 2.24) is 0 Å². The summed E-state index contributed by atoms with van der Waals surface area (Å²) in [5, 5.41) is 8.88. The molecular weight excluding hydrogens is 210 g/mol. The second-order valence-electron chi connectivity index (χ2n) is 4.82. The van der Waals surface area contributed by atoms with Crippen LogP contribution in [0.1, 0.15) is 49.7 Å². The SMILES string of the molecule is Cc1cc(OC2CCCCCC2)ccc1C#N. The predicted molar refractivity (Wildman–Crippen MR) is 68.0 cm³/mol. The van der Waals surface area contributed by atoms with Crippen LogP contribution in [0.4, 0.5) is 0 Å². The van der Waals surface area contributed by atoms with Gasteiger partial charge in [-0.15, -0.1) is 0 Å². The summed E-state index contributed by atoms with van der Waals surface area (Å²) < 4.78 is 6.01. The van der Waals surface area contributed by atoms with E-state index in [1.807, 2.05) is 25.1 Å². The molecule has 0 saturated heterocycles. The van der Waals surface area contributed by atoms with E-state index >= 15 is 0 Å². The Labute approximate surface area is 103 Å². The molecule has 1 aromatic rings. The van der Waals surface area contributed by atoms with Crippen LogP contribution in [0, 0.1) is 18.3 Å². The van der Waals surface area contributed by atoms with Crippen LogP contribution >= 0.6 is 0 Å². The number of hydrogen-bond donors (Lipinski definition) is 0. The van der Waals surface area contributed by atoms with Crippen molar-refractivity contribution in [3.63, 3.8) is 0 Å². The Morgan fingerprint density at radius 3 is 2.47 bits per heavy atom. The quantitative estimate of drug-likeness (QED) is 0.719. The number of ether oxygens (including phenoxy) is 1. The molecule has 2 heteroatoms. The fourth-order valence-corrected chi connectivity index (χ4v) is 2.39. The summed E-state index contributed by atoms with van der Waals surface area (Å²) in [5.41, 5.74) is 1.73. The molecule has 0 radical (unpaired) electrons. The molecule has 90 valence electrons. The van der Waals surface area contributed by atoms with Crippen LogP contribution in [0.25, 0.3) is 0 Å². The summed E-state index contributed by atoms with van der Waals surface area (Å²) in [4.78, 5) is 0. The van der Waals surface area contributed by atoms with Gasteiger partial charge in [0.2, 0.25) is 0 Å². The van der Waals surface area contributed by atoms with Crippen molar-refractivity contribution in [3.05, 3.63) is 29.3 Å². The van der Waals surface area contributed by atoms with Gasteiger partial charge in [0.1, 0.15) is 5.75 Å². The summed E-state index contributed by atoms with van der Waals surface area (Å²) in [6, 6.07) is 7.92. The monoisotopic (exact) mass is 229 g/mol. The lowest BCUT2D eigenvalue weighted by molar-refractivity contribution is 0.183. The van der Waals surface area contributed by atoms with E-state index in [0.29, 0.717) is 6.10 Å². The van der Waals surface area contributed by atoms with Gasteiger partial charge in [0, 0.05) is 0 Å². The van der Waals surface area contributed by atoms with Gasteiger partial charge in [-0.1, -0.05) is 12.8 Å².